The Morgan fingerprint density at radius 1 is 1.37 bits per heavy atom. The van der Waals surface area contributed by atoms with E-state index in [1.54, 1.807) is 18.2 Å². The molecule has 100 valence electrons. The highest BCUT2D eigenvalue weighted by molar-refractivity contribution is 5.86. The average Bonchev–Trinajstić information content (AvgIpc) is 2.38. The molecule has 2 rings (SSSR count). The standard InChI is InChI=1S/C12H11NO6/c14-6-3-7-18-11-8-4-1-2-5-9(8)19-12(15)10(11)13(16)17/h1-2,4-5,14H,3,6-7H2. The van der Waals surface area contributed by atoms with Crippen LogP contribution in [0.5, 0.6) is 5.75 Å². The lowest BCUT2D eigenvalue weighted by Crippen LogP contribution is -2.11. The van der Waals surface area contributed by atoms with Gasteiger partial charge in [0.25, 0.3) is 0 Å². The van der Waals surface area contributed by atoms with E-state index in [4.69, 9.17) is 14.3 Å². The predicted molar refractivity (Wildman–Crippen MR) is 66.3 cm³/mol. The van der Waals surface area contributed by atoms with E-state index in [2.05, 4.69) is 0 Å². The van der Waals surface area contributed by atoms with Crippen LogP contribution in [-0.4, -0.2) is 23.2 Å². The molecule has 0 aliphatic heterocycles. The zero-order chi connectivity index (χ0) is 13.8. The summed E-state index contributed by atoms with van der Waals surface area (Å²) in [6.07, 6.45) is 0.311. The number of para-hydroxylation sites is 1. The van der Waals surface area contributed by atoms with Gasteiger partial charge in [-0.05, 0) is 12.1 Å². The molecule has 0 saturated carbocycles. The van der Waals surface area contributed by atoms with Crippen LogP contribution in [-0.2, 0) is 0 Å². The molecule has 7 nitrogen and oxygen atoms in total. The molecule has 0 saturated heterocycles. The molecule has 0 radical (unpaired) electrons. The lowest BCUT2D eigenvalue weighted by atomic mass is 10.2. The van der Waals surface area contributed by atoms with Gasteiger partial charge in [-0.3, -0.25) is 10.1 Å². The molecule has 0 unspecified atom stereocenters. The first-order chi connectivity index (χ1) is 9.15. The minimum atomic E-state index is -1.05. The summed E-state index contributed by atoms with van der Waals surface area (Å²) >= 11 is 0. The first kappa shape index (κ1) is 13.0. The number of fused-ring (bicyclic) bond motifs is 1. The molecule has 0 bridgehead atoms. The average molecular weight is 265 g/mol. The zero-order valence-corrected chi connectivity index (χ0v) is 9.87. The maximum absolute atomic E-state index is 11.6. The Balaban J connectivity index is 2.62. The van der Waals surface area contributed by atoms with Gasteiger partial charge >= 0.3 is 11.3 Å². The topological polar surface area (TPSA) is 103 Å². The Bertz CT molecular complexity index is 663. The fraction of sp³-hybridized carbons (Fsp3) is 0.250. The third-order valence-electron chi connectivity index (χ3n) is 2.47. The highest BCUT2D eigenvalue weighted by Crippen LogP contribution is 2.32. The van der Waals surface area contributed by atoms with Gasteiger partial charge in [-0.15, -0.1) is 0 Å². The largest absolute Gasteiger partial charge is 0.486 e. The van der Waals surface area contributed by atoms with Crippen LogP contribution in [0.3, 0.4) is 0 Å². The molecule has 0 spiro atoms. The molecule has 0 aliphatic carbocycles. The molecule has 0 atom stereocenters. The van der Waals surface area contributed by atoms with Gasteiger partial charge in [0.15, 0.2) is 0 Å². The third kappa shape index (κ3) is 2.55. The summed E-state index contributed by atoms with van der Waals surface area (Å²) in [6, 6.07) is 6.40. The van der Waals surface area contributed by atoms with Crippen LogP contribution in [0.4, 0.5) is 5.69 Å². The van der Waals surface area contributed by atoms with E-state index < -0.39 is 16.2 Å². The number of ether oxygens (including phenoxy) is 1. The van der Waals surface area contributed by atoms with Crippen molar-refractivity contribution in [3.63, 3.8) is 0 Å². The van der Waals surface area contributed by atoms with E-state index in [0.717, 1.165) is 0 Å². The normalized spacial score (nSPS) is 10.6. The quantitative estimate of drug-likeness (QED) is 0.380. The van der Waals surface area contributed by atoms with Gasteiger partial charge in [0.05, 0.1) is 16.9 Å². The van der Waals surface area contributed by atoms with Crippen LogP contribution in [0.1, 0.15) is 6.42 Å². The van der Waals surface area contributed by atoms with Gasteiger partial charge in [-0.1, -0.05) is 12.1 Å². The molecule has 0 amide bonds. The van der Waals surface area contributed by atoms with Crippen molar-refractivity contribution in [2.45, 2.75) is 6.42 Å². The van der Waals surface area contributed by atoms with Crippen molar-refractivity contribution in [1.29, 1.82) is 0 Å². The summed E-state index contributed by atoms with van der Waals surface area (Å²) in [5.74, 6) is -0.120. The van der Waals surface area contributed by atoms with Crippen molar-refractivity contribution in [1.82, 2.24) is 0 Å². The Morgan fingerprint density at radius 2 is 2.11 bits per heavy atom. The van der Waals surface area contributed by atoms with E-state index >= 15 is 0 Å². The van der Waals surface area contributed by atoms with Crippen LogP contribution in [0, 0.1) is 10.1 Å². The lowest BCUT2D eigenvalue weighted by molar-refractivity contribution is -0.388. The van der Waals surface area contributed by atoms with Crippen LogP contribution in [0.15, 0.2) is 33.5 Å². The molecular formula is C12H11NO6. The summed E-state index contributed by atoms with van der Waals surface area (Å²) in [5, 5.41) is 20.0. The highest BCUT2D eigenvalue weighted by Gasteiger charge is 2.25. The van der Waals surface area contributed by atoms with Crippen molar-refractivity contribution < 1.29 is 19.2 Å². The summed E-state index contributed by atoms with van der Waals surface area (Å²) < 4.78 is 10.1. The van der Waals surface area contributed by atoms with Crippen molar-refractivity contribution in [3.05, 3.63) is 44.8 Å². The molecule has 1 aromatic heterocycles. The van der Waals surface area contributed by atoms with Crippen molar-refractivity contribution in [2.75, 3.05) is 13.2 Å². The second kappa shape index (κ2) is 5.49. The Morgan fingerprint density at radius 3 is 2.79 bits per heavy atom. The number of benzene rings is 1. The first-order valence-corrected chi connectivity index (χ1v) is 5.59. The fourth-order valence-corrected chi connectivity index (χ4v) is 1.65. The SMILES string of the molecule is O=c1oc2ccccc2c(OCCCO)c1[N+](=O)[O-]. The van der Waals surface area contributed by atoms with Gasteiger partial charge in [0.2, 0.25) is 5.75 Å². The van der Waals surface area contributed by atoms with Gasteiger partial charge < -0.3 is 14.3 Å². The summed E-state index contributed by atoms with van der Waals surface area (Å²) in [5.41, 5.74) is -1.56. The molecule has 7 heteroatoms. The maximum atomic E-state index is 11.6. The zero-order valence-electron chi connectivity index (χ0n) is 9.87. The van der Waals surface area contributed by atoms with E-state index in [0.29, 0.717) is 11.8 Å². The Hall–Kier alpha value is -2.41. The van der Waals surface area contributed by atoms with E-state index in [1.807, 2.05) is 0 Å². The van der Waals surface area contributed by atoms with Crippen LogP contribution in [0.25, 0.3) is 11.0 Å². The lowest BCUT2D eigenvalue weighted by Gasteiger charge is -2.07. The molecule has 1 N–H and O–H groups in total. The van der Waals surface area contributed by atoms with Gasteiger partial charge in [-0.2, -0.15) is 0 Å². The van der Waals surface area contributed by atoms with Crippen molar-refractivity contribution in [3.8, 4) is 5.75 Å². The van der Waals surface area contributed by atoms with E-state index in [1.165, 1.54) is 6.07 Å². The molecule has 19 heavy (non-hydrogen) atoms. The number of aliphatic hydroxyl groups is 1. The summed E-state index contributed by atoms with van der Waals surface area (Å²) in [4.78, 5) is 21.7. The Kier molecular flexibility index (Phi) is 3.76. The summed E-state index contributed by atoms with van der Waals surface area (Å²) in [6.45, 7) is -0.0298. The third-order valence-corrected chi connectivity index (χ3v) is 2.47. The molecular weight excluding hydrogens is 254 g/mol. The Labute approximate surface area is 107 Å². The van der Waals surface area contributed by atoms with Crippen LogP contribution < -0.4 is 10.4 Å². The molecule has 0 aliphatic rings. The number of hydrogen-bond acceptors (Lipinski definition) is 6. The minimum Gasteiger partial charge on any atom is -0.486 e. The minimum absolute atomic E-state index is 0.0742. The number of nitro groups is 1. The van der Waals surface area contributed by atoms with E-state index in [9.17, 15) is 14.9 Å². The molecule has 1 heterocycles. The maximum Gasteiger partial charge on any atom is 0.419 e. The number of nitrogens with zero attached hydrogens (tertiary/aromatic N) is 1. The van der Waals surface area contributed by atoms with Crippen LogP contribution >= 0.6 is 0 Å². The number of hydrogen-bond donors (Lipinski definition) is 1. The monoisotopic (exact) mass is 265 g/mol. The van der Waals surface area contributed by atoms with Gasteiger partial charge in [0, 0.05) is 13.0 Å². The molecule has 2 aromatic rings. The highest BCUT2D eigenvalue weighted by atomic mass is 16.6. The van der Waals surface area contributed by atoms with Crippen molar-refractivity contribution in [2.24, 2.45) is 0 Å². The second-order valence-corrected chi connectivity index (χ2v) is 3.75. The van der Waals surface area contributed by atoms with E-state index in [-0.39, 0.29) is 24.5 Å². The van der Waals surface area contributed by atoms with Gasteiger partial charge in [-0.25, -0.2) is 4.79 Å². The van der Waals surface area contributed by atoms with Crippen molar-refractivity contribution >= 4 is 16.7 Å². The second-order valence-electron chi connectivity index (χ2n) is 3.75. The predicted octanol–water partition coefficient (Wildman–Crippen LogP) is 1.46. The molecule has 0 fully saturated rings. The van der Waals surface area contributed by atoms with Crippen LogP contribution in [0.2, 0.25) is 0 Å². The first-order valence-electron chi connectivity index (χ1n) is 5.59. The fourth-order valence-electron chi connectivity index (χ4n) is 1.65. The summed E-state index contributed by atoms with van der Waals surface area (Å²) in [7, 11) is 0. The smallest absolute Gasteiger partial charge is 0.419 e. The molecule has 1 aromatic carbocycles. The van der Waals surface area contributed by atoms with Gasteiger partial charge in [0.1, 0.15) is 5.58 Å². The number of aliphatic hydroxyl groups excluding tert-OH is 1. The number of rotatable bonds is 5.